The van der Waals surface area contributed by atoms with Crippen molar-refractivity contribution in [3.8, 4) is 17.2 Å². The predicted molar refractivity (Wildman–Crippen MR) is 149 cm³/mol. The van der Waals surface area contributed by atoms with Gasteiger partial charge in [-0.3, -0.25) is 9.10 Å². The molecule has 3 rings (SSSR count). The third-order valence-corrected chi connectivity index (χ3v) is 6.74. The first-order valence-corrected chi connectivity index (χ1v) is 14.0. The summed E-state index contributed by atoms with van der Waals surface area (Å²) in [6.45, 7) is 2.08. The highest BCUT2D eigenvalue weighted by molar-refractivity contribution is 7.92. The number of benzene rings is 3. The standard InChI is InChI=1S/C26H27Cl2N3O6S/c1-4-36-25-13-18(8-10-24(25)37-17-19-6-5-7-20(27)12-19)15-29-30-26(32)16-31(38(3,33)34)21-9-11-23(35-2)22(28)14-21/h5-15H,4,16-17H2,1-3H3,(H,30,32)/b29-15-. The third kappa shape index (κ3) is 8.27. The number of sulfonamides is 1. The zero-order valence-corrected chi connectivity index (χ0v) is 23.3. The first-order chi connectivity index (χ1) is 18.1. The molecule has 0 bridgehead atoms. The first kappa shape index (κ1) is 29.1. The number of hydrogen-bond donors (Lipinski definition) is 1. The molecule has 0 aliphatic carbocycles. The van der Waals surface area contributed by atoms with Crippen molar-refractivity contribution in [3.05, 3.63) is 81.8 Å². The molecule has 0 fully saturated rings. The van der Waals surface area contributed by atoms with Crippen molar-refractivity contribution in [2.24, 2.45) is 5.10 Å². The van der Waals surface area contributed by atoms with Crippen LogP contribution < -0.4 is 23.9 Å². The van der Waals surface area contributed by atoms with Gasteiger partial charge in [-0.1, -0.05) is 35.3 Å². The highest BCUT2D eigenvalue weighted by Crippen LogP contribution is 2.31. The highest BCUT2D eigenvalue weighted by Gasteiger charge is 2.21. The van der Waals surface area contributed by atoms with Gasteiger partial charge in [0, 0.05) is 5.02 Å². The summed E-state index contributed by atoms with van der Waals surface area (Å²) in [6, 6.07) is 17.0. The smallest absolute Gasteiger partial charge is 0.260 e. The van der Waals surface area contributed by atoms with Crippen molar-refractivity contribution in [2.75, 3.05) is 30.8 Å². The SMILES string of the molecule is CCOc1cc(/C=N\NC(=O)CN(c2ccc(OC)c(Cl)c2)S(C)(=O)=O)ccc1OCc1cccc(Cl)c1. The number of hydrazone groups is 1. The molecule has 0 saturated carbocycles. The Morgan fingerprint density at radius 2 is 1.79 bits per heavy atom. The molecule has 3 aromatic rings. The summed E-state index contributed by atoms with van der Waals surface area (Å²) >= 11 is 12.2. The van der Waals surface area contributed by atoms with Crippen LogP contribution in [0, 0.1) is 0 Å². The van der Waals surface area contributed by atoms with Gasteiger partial charge in [0.2, 0.25) is 10.0 Å². The Hall–Kier alpha value is -3.47. The van der Waals surface area contributed by atoms with Gasteiger partial charge in [-0.15, -0.1) is 0 Å². The lowest BCUT2D eigenvalue weighted by atomic mass is 10.2. The quantitative estimate of drug-likeness (QED) is 0.242. The van der Waals surface area contributed by atoms with E-state index in [1.807, 2.05) is 25.1 Å². The summed E-state index contributed by atoms with van der Waals surface area (Å²) in [6.07, 6.45) is 2.41. The van der Waals surface area contributed by atoms with Gasteiger partial charge in [0.05, 0.1) is 36.9 Å². The number of methoxy groups -OCH3 is 1. The molecule has 1 amide bonds. The fourth-order valence-corrected chi connectivity index (χ4v) is 4.65. The summed E-state index contributed by atoms with van der Waals surface area (Å²) in [5.41, 5.74) is 4.10. The van der Waals surface area contributed by atoms with Crippen LogP contribution in [0.4, 0.5) is 5.69 Å². The number of nitrogens with one attached hydrogen (secondary N) is 1. The maximum atomic E-state index is 12.5. The van der Waals surface area contributed by atoms with Crippen LogP contribution in [0.15, 0.2) is 65.8 Å². The van der Waals surface area contributed by atoms with E-state index < -0.39 is 22.5 Å². The van der Waals surface area contributed by atoms with Gasteiger partial charge in [0.25, 0.3) is 5.91 Å². The zero-order valence-electron chi connectivity index (χ0n) is 21.0. The first-order valence-electron chi connectivity index (χ1n) is 11.4. The Morgan fingerprint density at radius 1 is 1.03 bits per heavy atom. The minimum absolute atomic E-state index is 0.210. The number of anilines is 1. The number of amides is 1. The van der Waals surface area contributed by atoms with E-state index in [4.69, 9.17) is 37.4 Å². The molecule has 0 heterocycles. The second-order valence-corrected chi connectivity index (χ2v) is 10.7. The van der Waals surface area contributed by atoms with Gasteiger partial charge in [-0.25, -0.2) is 13.8 Å². The maximum Gasteiger partial charge on any atom is 0.260 e. The Kier molecular flexibility index (Phi) is 10.2. The van der Waals surface area contributed by atoms with E-state index >= 15 is 0 Å². The van der Waals surface area contributed by atoms with Gasteiger partial charge in [0.1, 0.15) is 18.9 Å². The van der Waals surface area contributed by atoms with Gasteiger partial charge in [-0.05, 0) is 66.6 Å². The van der Waals surface area contributed by atoms with Gasteiger partial charge in [0.15, 0.2) is 11.5 Å². The van der Waals surface area contributed by atoms with E-state index in [1.54, 1.807) is 24.3 Å². The molecular weight excluding hydrogens is 553 g/mol. The Labute approximate surface area is 232 Å². The number of carbonyl (C=O) groups excluding carboxylic acids is 1. The molecule has 0 unspecified atom stereocenters. The zero-order chi connectivity index (χ0) is 27.7. The predicted octanol–water partition coefficient (Wildman–Crippen LogP) is 4.90. The number of halogens is 2. The largest absolute Gasteiger partial charge is 0.495 e. The van der Waals surface area contributed by atoms with Crippen LogP contribution in [0.1, 0.15) is 18.1 Å². The molecule has 9 nitrogen and oxygen atoms in total. The van der Waals surface area contributed by atoms with Crippen molar-refractivity contribution in [1.29, 1.82) is 0 Å². The lowest BCUT2D eigenvalue weighted by Crippen LogP contribution is -2.39. The summed E-state index contributed by atoms with van der Waals surface area (Å²) < 4.78 is 42.2. The molecule has 38 heavy (non-hydrogen) atoms. The summed E-state index contributed by atoms with van der Waals surface area (Å²) in [5.74, 6) is 0.773. The number of carbonyl (C=O) groups is 1. The van der Waals surface area contributed by atoms with Crippen molar-refractivity contribution < 1.29 is 27.4 Å². The molecular formula is C26H27Cl2N3O6S. The van der Waals surface area contributed by atoms with Crippen LogP contribution in [0.5, 0.6) is 17.2 Å². The second-order valence-electron chi connectivity index (χ2n) is 7.94. The summed E-state index contributed by atoms with van der Waals surface area (Å²) in [7, 11) is -2.34. The molecule has 0 atom stereocenters. The van der Waals surface area contributed by atoms with Crippen LogP contribution in [-0.2, 0) is 21.4 Å². The average molecular weight is 580 g/mol. The fourth-order valence-electron chi connectivity index (χ4n) is 3.34. The van der Waals surface area contributed by atoms with Crippen molar-refractivity contribution in [1.82, 2.24) is 5.43 Å². The van der Waals surface area contributed by atoms with E-state index in [0.717, 1.165) is 16.1 Å². The molecule has 202 valence electrons. The molecule has 0 radical (unpaired) electrons. The van der Waals surface area contributed by atoms with Crippen LogP contribution in [0.25, 0.3) is 0 Å². The number of hydrogen-bond acceptors (Lipinski definition) is 7. The Morgan fingerprint density at radius 3 is 2.45 bits per heavy atom. The van der Waals surface area contributed by atoms with E-state index in [0.29, 0.717) is 41.0 Å². The summed E-state index contributed by atoms with van der Waals surface area (Å²) in [4.78, 5) is 12.5. The fraction of sp³-hybridized carbons (Fsp3) is 0.231. The van der Waals surface area contributed by atoms with Crippen molar-refractivity contribution >= 4 is 51.0 Å². The second kappa shape index (κ2) is 13.4. The highest BCUT2D eigenvalue weighted by atomic mass is 35.5. The average Bonchev–Trinajstić information content (AvgIpc) is 2.86. The molecule has 0 aliphatic rings. The van der Waals surface area contributed by atoms with Gasteiger partial charge >= 0.3 is 0 Å². The monoisotopic (exact) mass is 579 g/mol. The molecule has 1 N–H and O–H groups in total. The number of nitrogens with zero attached hydrogens (tertiary/aromatic N) is 2. The van der Waals surface area contributed by atoms with Gasteiger partial charge in [-0.2, -0.15) is 5.10 Å². The maximum absolute atomic E-state index is 12.5. The minimum atomic E-state index is -3.79. The topological polar surface area (TPSA) is 107 Å². The van der Waals surface area contributed by atoms with Crippen LogP contribution >= 0.6 is 23.2 Å². The Bertz CT molecular complexity index is 1420. The van der Waals surface area contributed by atoms with E-state index in [9.17, 15) is 13.2 Å². The molecule has 0 saturated heterocycles. The van der Waals surface area contributed by atoms with E-state index in [-0.39, 0.29) is 10.7 Å². The molecule has 3 aromatic carbocycles. The molecule has 0 aliphatic heterocycles. The van der Waals surface area contributed by atoms with Crippen molar-refractivity contribution in [3.63, 3.8) is 0 Å². The van der Waals surface area contributed by atoms with E-state index in [1.165, 1.54) is 31.5 Å². The van der Waals surface area contributed by atoms with Crippen LogP contribution in [0.3, 0.4) is 0 Å². The summed E-state index contributed by atoms with van der Waals surface area (Å²) in [5, 5.41) is 4.78. The number of ether oxygens (including phenoxy) is 3. The molecule has 0 aromatic heterocycles. The number of rotatable bonds is 12. The normalized spacial score (nSPS) is 11.3. The molecule has 0 spiro atoms. The molecule has 12 heteroatoms. The van der Waals surface area contributed by atoms with E-state index in [2.05, 4.69) is 10.5 Å². The lowest BCUT2D eigenvalue weighted by molar-refractivity contribution is -0.119. The Balaban J connectivity index is 1.67. The minimum Gasteiger partial charge on any atom is -0.495 e. The van der Waals surface area contributed by atoms with Crippen molar-refractivity contribution in [2.45, 2.75) is 13.5 Å². The lowest BCUT2D eigenvalue weighted by Gasteiger charge is -2.22. The van der Waals surface area contributed by atoms with Crippen LogP contribution in [-0.4, -0.2) is 47.1 Å². The van der Waals surface area contributed by atoms with Crippen LogP contribution in [0.2, 0.25) is 10.0 Å². The third-order valence-electron chi connectivity index (χ3n) is 5.06. The van der Waals surface area contributed by atoms with Gasteiger partial charge < -0.3 is 14.2 Å².